The average Bonchev–Trinajstić information content (AvgIpc) is 2.36. The van der Waals surface area contributed by atoms with E-state index in [-0.39, 0.29) is 72.0 Å². The maximum atomic E-state index is 11.3. The Balaban J connectivity index is -0.00000162. The van der Waals surface area contributed by atoms with Crippen molar-refractivity contribution in [1.82, 2.24) is 0 Å². The Hall–Kier alpha value is 0.940. The summed E-state index contributed by atoms with van der Waals surface area (Å²) < 4.78 is 0. The van der Waals surface area contributed by atoms with Crippen LogP contribution in [-0.4, -0.2) is 11.9 Å². The predicted molar refractivity (Wildman–Crippen MR) is 70.0 cm³/mol. The van der Waals surface area contributed by atoms with Crippen LogP contribution >= 0.6 is 0 Å². The van der Waals surface area contributed by atoms with E-state index in [1.807, 2.05) is 0 Å². The molecular weight excluding hydrogens is 290 g/mol. The molecule has 0 heterocycles. The molecule has 0 amide bonds. The fourth-order valence-corrected chi connectivity index (χ4v) is 2.32. The first-order valence-corrected chi connectivity index (χ1v) is 7.44. The summed E-state index contributed by atoms with van der Waals surface area (Å²) in [4.78, 5) is 22.5. The zero-order chi connectivity index (χ0) is 14.7. The molecule has 0 aliphatic rings. The Morgan fingerprint density at radius 3 is 1.29 bits per heavy atom. The van der Waals surface area contributed by atoms with E-state index in [0.29, 0.717) is 12.8 Å². The van der Waals surface area contributed by atoms with Gasteiger partial charge >= 0.3 is 59.1 Å². The zero-order valence-electron chi connectivity index (χ0n) is 14.2. The summed E-state index contributed by atoms with van der Waals surface area (Å²) in [6, 6.07) is 0. The van der Waals surface area contributed by atoms with Crippen molar-refractivity contribution in [1.29, 1.82) is 0 Å². The van der Waals surface area contributed by atoms with Crippen LogP contribution in [0.15, 0.2) is 0 Å². The molecule has 0 aliphatic carbocycles. The van der Waals surface area contributed by atoms with E-state index in [1.165, 1.54) is 0 Å². The number of hydrogen-bond donors (Lipinski definition) is 0. The molecule has 0 saturated heterocycles. The molecule has 0 aromatic carbocycles. The molecule has 0 saturated carbocycles. The summed E-state index contributed by atoms with van der Waals surface area (Å²) in [5.74, 6) is -2.97. The summed E-state index contributed by atoms with van der Waals surface area (Å²) in [6.45, 7) is 4.10. The number of unbranched alkanes of at least 4 members (excludes halogenated alkanes) is 6. The first-order valence-electron chi connectivity index (χ1n) is 7.44. The van der Waals surface area contributed by atoms with Gasteiger partial charge in [-0.1, -0.05) is 65.2 Å². The van der Waals surface area contributed by atoms with E-state index in [1.54, 1.807) is 0 Å². The number of carboxylic acid groups (broad SMARTS) is 2. The van der Waals surface area contributed by atoms with Crippen LogP contribution in [0.4, 0.5) is 0 Å². The van der Waals surface area contributed by atoms with Crippen LogP contribution in [0.25, 0.3) is 0 Å². The van der Waals surface area contributed by atoms with Crippen molar-refractivity contribution in [2.75, 3.05) is 0 Å². The molecule has 112 valence electrons. The van der Waals surface area contributed by atoms with Crippen molar-refractivity contribution in [3.05, 3.63) is 0 Å². The third-order valence-corrected chi connectivity index (χ3v) is 3.70. The van der Waals surface area contributed by atoms with Crippen LogP contribution in [0, 0.1) is 5.41 Å². The topological polar surface area (TPSA) is 80.3 Å². The fourth-order valence-electron chi connectivity index (χ4n) is 2.32. The van der Waals surface area contributed by atoms with Crippen molar-refractivity contribution < 1.29 is 78.9 Å². The monoisotopic (exact) mass is 316 g/mol. The van der Waals surface area contributed by atoms with Gasteiger partial charge in [-0.05, 0) is 12.8 Å². The molecule has 0 aromatic heterocycles. The molecule has 0 bridgehead atoms. The van der Waals surface area contributed by atoms with Crippen LogP contribution in [-0.2, 0) is 9.59 Å². The molecule has 0 aromatic rings. The predicted octanol–water partition coefficient (Wildman–Crippen LogP) is -4.58. The summed E-state index contributed by atoms with van der Waals surface area (Å²) in [6.07, 6.45) is 7.21. The number of carboxylic acids is 2. The Labute approximate surface area is 173 Å². The summed E-state index contributed by atoms with van der Waals surface area (Å²) in [5.41, 5.74) is -1.79. The number of carbonyl (C=O) groups excluding carboxylic acids is 2. The van der Waals surface area contributed by atoms with Gasteiger partial charge in [0.25, 0.3) is 0 Å². The molecule has 0 rings (SSSR count). The van der Waals surface area contributed by atoms with Gasteiger partial charge in [-0.2, -0.15) is 0 Å². The largest absolute Gasteiger partial charge is 1.00 e. The van der Waals surface area contributed by atoms with Crippen LogP contribution in [0.1, 0.15) is 78.1 Å². The quantitative estimate of drug-likeness (QED) is 0.206. The molecule has 0 fully saturated rings. The molecule has 21 heavy (non-hydrogen) atoms. The van der Waals surface area contributed by atoms with Crippen LogP contribution < -0.4 is 69.3 Å². The Bertz CT molecular complexity index is 255. The third-order valence-electron chi connectivity index (χ3n) is 3.70. The van der Waals surface area contributed by atoms with Gasteiger partial charge in [0.15, 0.2) is 0 Å². The maximum Gasteiger partial charge on any atom is 1.00 e. The van der Waals surface area contributed by atoms with Crippen LogP contribution in [0.2, 0.25) is 0 Å². The normalized spacial score (nSPS) is 10.4. The van der Waals surface area contributed by atoms with E-state index in [2.05, 4.69) is 13.8 Å². The molecule has 0 atom stereocenters. The van der Waals surface area contributed by atoms with Gasteiger partial charge in [-0.25, -0.2) is 0 Å². The van der Waals surface area contributed by atoms with Gasteiger partial charge in [-0.3, -0.25) is 0 Å². The van der Waals surface area contributed by atoms with E-state index in [0.717, 1.165) is 38.5 Å². The van der Waals surface area contributed by atoms with Gasteiger partial charge in [0.1, 0.15) is 0 Å². The molecule has 6 heteroatoms. The Kier molecular flexibility index (Phi) is 20.2. The second kappa shape index (κ2) is 15.8. The number of aliphatic carboxylic acids is 2. The number of rotatable bonds is 12. The molecule has 4 nitrogen and oxygen atoms in total. The van der Waals surface area contributed by atoms with Gasteiger partial charge in [0.05, 0.1) is 11.9 Å². The second-order valence-electron chi connectivity index (χ2n) is 5.28. The van der Waals surface area contributed by atoms with Crippen molar-refractivity contribution in [3.63, 3.8) is 0 Å². The van der Waals surface area contributed by atoms with Crippen LogP contribution in [0.3, 0.4) is 0 Å². The maximum absolute atomic E-state index is 11.3. The summed E-state index contributed by atoms with van der Waals surface area (Å²) in [5, 5.41) is 22.5. The average molecular weight is 316 g/mol. The fraction of sp³-hybridized carbons (Fsp3) is 0.867. The Morgan fingerprint density at radius 1 is 0.714 bits per heavy atom. The summed E-state index contributed by atoms with van der Waals surface area (Å²) in [7, 11) is 0. The molecule has 0 spiro atoms. The molecule has 0 radical (unpaired) electrons. The zero-order valence-corrected chi connectivity index (χ0v) is 18.2. The van der Waals surface area contributed by atoms with Crippen molar-refractivity contribution in [2.45, 2.75) is 78.1 Å². The van der Waals surface area contributed by atoms with E-state index < -0.39 is 17.4 Å². The van der Waals surface area contributed by atoms with E-state index in [4.69, 9.17) is 0 Å². The molecule has 0 N–H and O–H groups in total. The molecule has 0 unspecified atom stereocenters. The van der Waals surface area contributed by atoms with E-state index >= 15 is 0 Å². The SMILES string of the molecule is CCCCCCC(CCCCCC)(C(=O)[O-])C(=O)[O-].[Na+].[Na+]. The van der Waals surface area contributed by atoms with Gasteiger partial charge in [0.2, 0.25) is 0 Å². The van der Waals surface area contributed by atoms with E-state index in [9.17, 15) is 19.8 Å². The van der Waals surface area contributed by atoms with Gasteiger partial charge in [0, 0.05) is 5.41 Å². The minimum atomic E-state index is -1.79. The smallest absolute Gasteiger partial charge is 0.549 e. The molecular formula is C15H26Na2O4. The second-order valence-corrected chi connectivity index (χ2v) is 5.28. The van der Waals surface area contributed by atoms with Gasteiger partial charge in [-0.15, -0.1) is 0 Å². The van der Waals surface area contributed by atoms with Crippen molar-refractivity contribution in [3.8, 4) is 0 Å². The minimum Gasteiger partial charge on any atom is -0.549 e. The first-order chi connectivity index (χ1) is 9.01. The standard InChI is InChI=1S/C15H28O4.2Na/c1-3-5-7-9-11-15(13(16)17,14(18)19)12-10-8-6-4-2;;/h3-12H2,1-2H3,(H,16,17)(H,18,19);;/q;2*+1/p-2. The van der Waals surface area contributed by atoms with Crippen LogP contribution in [0.5, 0.6) is 0 Å². The minimum absolute atomic E-state index is 0. The number of carbonyl (C=O) groups is 2. The first kappa shape index (κ1) is 26.8. The summed E-state index contributed by atoms with van der Waals surface area (Å²) >= 11 is 0. The number of hydrogen-bond acceptors (Lipinski definition) is 4. The third kappa shape index (κ3) is 10.4. The van der Waals surface area contributed by atoms with Crippen molar-refractivity contribution >= 4 is 11.9 Å². The van der Waals surface area contributed by atoms with Crippen molar-refractivity contribution in [2.24, 2.45) is 5.41 Å². The Morgan fingerprint density at radius 2 is 1.05 bits per heavy atom. The molecule has 0 aliphatic heterocycles. The van der Waals surface area contributed by atoms with Gasteiger partial charge < -0.3 is 19.8 Å².